The van der Waals surface area contributed by atoms with Crippen molar-refractivity contribution < 1.29 is 9.59 Å². The van der Waals surface area contributed by atoms with Crippen molar-refractivity contribution in [2.45, 2.75) is 37.3 Å². The first-order valence-electron chi connectivity index (χ1n) is 8.66. The molecule has 2 aliphatic heterocycles. The summed E-state index contributed by atoms with van der Waals surface area (Å²) in [5.74, 6) is -0.396. The Morgan fingerprint density at radius 2 is 2.08 bits per heavy atom. The SMILES string of the molecule is O=C(NCC12CCC(CC1)N2C(=O)c1cccnc1)c1cn[nH]c(=O)c1. The van der Waals surface area contributed by atoms with Crippen LogP contribution in [-0.4, -0.2) is 50.0 Å². The molecule has 0 saturated carbocycles. The third-order valence-corrected chi connectivity index (χ3v) is 5.39. The monoisotopic (exact) mass is 353 g/mol. The van der Waals surface area contributed by atoms with E-state index in [1.165, 1.54) is 12.3 Å². The van der Waals surface area contributed by atoms with Crippen molar-refractivity contribution in [3.8, 4) is 0 Å². The molecule has 2 amide bonds. The number of fused-ring (bicyclic) bond motifs is 2. The maximum Gasteiger partial charge on any atom is 0.264 e. The number of pyridine rings is 1. The third kappa shape index (κ3) is 2.77. The molecular formula is C18H19N5O3. The molecule has 0 unspecified atom stereocenters. The molecule has 4 heterocycles. The fourth-order valence-electron chi connectivity index (χ4n) is 4.15. The number of amides is 2. The summed E-state index contributed by atoms with van der Waals surface area (Å²) in [7, 11) is 0. The summed E-state index contributed by atoms with van der Waals surface area (Å²) in [6.07, 6.45) is 8.13. The van der Waals surface area contributed by atoms with Crippen LogP contribution in [0.1, 0.15) is 46.4 Å². The second-order valence-electron chi connectivity index (χ2n) is 6.89. The van der Waals surface area contributed by atoms with Crippen LogP contribution in [0.3, 0.4) is 0 Å². The van der Waals surface area contributed by atoms with Crippen LogP contribution in [-0.2, 0) is 0 Å². The molecule has 4 rings (SSSR count). The molecule has 2 aromatic rings. The lowest BCUT2D eigenvalue weighted by molar-refractivity contribution is 0.0601. The van der Waals surface area contributed by atoms with E-state index in [1.807, 2.05) is 4.90 Å². The Morgan fingerprint density at radius 1 is 1.27 bits per heavy atom. The minimum absolute atomic E-state index is 0.0369. The Balaban J connectivity index is 1.52. The van der Waals surface area contributed by atoms with E-state index in [9.17, 15) is 14.4 Å². The number of aromatic nitrogens is 3. The first-order valence-corrected chi connectivity index (χ1v) is 8.66. The Hall–Kier alpha value is -3.03. The molecular weight excluding hydrogens is 334 g/mol. The van der Waals surface area contributed by atoms with Gasteiger partial charge in [-0.15, -0.1) is 0 Å². The van der Waals surface area contributed by atoms with E-state index in [4.69, 9.17) is 0 Å². The zero-order valence-corrected chi connectivity index (χ0v) is 14.1. The highest BCUT2D eigenvalue weighted by molar-refractivity contribution is 5.96. The number of H-pyrrole nitrogens is 1. The minimum atomic E-state index is -0.425. The predicted molar refractivity (Wildman–Crippen MR) is 92.6 cm³/mol. The van der Waals surface area contributed by atoms with Crippen LogP contribution in [0, 0.1) is 0 Å². The van der Waals surface area contributed by atoms with Crippen molar-refractivity contribution >= 4 is 11.8 Å². The van der Waals surface area contributed by atoms with E-state index in [0.717, 1.165) is 25.7 Å². The van der Waals surface area contributed by atoms with Crippen molar-refractivity contribution in [2.24, 2.45) is 0 Å². The predicted octanol–water partition coefficient (Wildman–Crippen LogP) is 0.732. The first-order chi connectivity index (χ1) is 12.6. The van der Waals surface area contributed by atoms with Gasteiger partial charge in [0, 0.05) is 31.0 Å². The highest BCUT2D eigenvalue weighted by Gasteiger charge is 2.53. The van der Waals surface area contributed by atoms with Gasteiger partial charge in [0.1, 0.15) is 0 Å². The summed E-state index contributed by atoms with van der Waals surface area (Å²) in [6, 6.07) is 4.94. The van der Waals surface area contributed by atoms with Crippen LogP contribution >= 0.6 is 0 Å². The van der Waals surface area contributed by atoms with E-state index in [-0.39, 0.29) is 29.0 Å². The van der Waals surface area contributed by atoms with Gasteiger partial charge in [0.15, 0.2) is 0 Å². The van der Waals surface area contributed by atoms with Gasteiger partial charge in [-0.25, -0.2) is 5.10 Å². The van der Waals surface area contributed by atoms with Gasteiger partial charge in [0.05, 0.1) is 22.9 Å². The summed E-state index contributed by atoms with van der Waals surface area (Å²) in [4.78, 5) is 42.6. The number of hydrogen-bond acceptors (Lipinski definition) is 5. The van der Waals surface area contributed by atoms with Gasteiger partial charge >= 0.3 is 0 Å². The molecule has 0 atom stereocenters. The average Bonchev–Trinajstić information content (AvgIpc) is 3.22. The fourth-order valence-corrected chi connectivity index (χ4v) is 4.15. The quantitative estimate of drug-likeness (QED) is 0.842. The van der Waals surface area contributed by atoms with Crippen molar-refractivity contribution in [1.82, 2.24) is 25.4 Å². The smallest absolute Gasteiger partial charge is 0.264 e. The molecule has 8 heteroatoms. The highest BCUT2D eigenvalue weighted by Crippen LogP contribution is 2.46. The Morgan fingerprint density at radius 3 is 2.77 bits per heavy atom. The molecule has 26 heavy (non-hydrogen) atoms. The Bertz CT molecular complexity index is 887. The number of aromatic amines is 1. The summed E-state index contributed by atoms with van der Waals surface area (Å²) in [5, 5.41) is 8.77. The number of nitrogens with one attached hydrogen (secondary N) is 2. The van der Waals surface area contributed by atoms with Crippen LogP contribution < -0.4 is 10.9 Å². The lowest BCUT2D eigenvalue weighted by Gasteiger charge is -2.35. The lowest BCUT2D eigenvalue weighted by Crippen LogP contribution is -2.52. The van der Waals surface area contributed by atoms with Gasteiger partial charge < -0.3 is 10.2 Å². The van der Waals surface area contributed by atoms with Gasteiger partial charge in [0.25, 0.3) is 17.4 Å². The van der Waals surface area contributed by atoms with E-state index in [0.29, 0.717) is 12.1 Å². The lowest BCUT2D eigenvalue weighted by atomic mass is 9.87. The average molecular weight is 353 g/mol. The molecule has 0 aliphatic carbocycles. The number of rotatable bonds is 4. The van der Waals surface area contributed by atoms with Gasteiger partial charge in [-0.1, -0.05) is 0 Å². The van der Waals surface area contributed by atoms with Crippen LogP contribution in [0.25, 0.3) is 0 Å². The van der Waals surface area contributed by atoms with Crippen LogP contribution in [0.15, 0.2) is 41.6 Å². The Labute approximate surface area is 149 Å². The maximum atomic E-state index is 13.0. The zero-order chi connectivity index (χ0) is 18.1. The first kappa shape index (κ1) is 16.4. The second kappa shape index (κ2) is 6.36. The molecule has 2 fully saturated rings. The molecule has 8 nitrogen and oxygen atoms in total. The van der Waals surface area contributed by atoms with Crippen LogP contribution in [0.2, 0.25) is 0 Å². The van der Waals surface area contributed by atoms with Crippen LogP contribution in [0.4, 0.5) is 0 Å². The summed E-state index contributed by atoms with van der Waals surface area (Å²) >= 11 is 0. The standard InChI is InChI=1S/C18H19N5O3/c24-15-8-13(10-21-22-15)16(25)20-11-18-5-3-14(4-6-18)23(18)17(26)12-2-1-7-19-9-12/h1-2,7-10,14H,3-6,11H2,(H,20,25)(H,22,24). The number of carbonyl (C=O) groups is 2. The van der Waals surface area contributed by atoms with E-state index in [2.05, 4.69) is 20.5 Å². The summed E-state index contributed by atoms with van der Waals surface area (Å²) in [5.41, 5.74) is -0.0216. The second-order valence-corrected chi connectivity index (χ2v) is 6.89. The van der Waals surface area contributed by atoms with E-state index in [1.54, 1.807) is 24.5 Å². The molecule has 134 valence electrons. The summed E-state index contributed by atoms with van der Waals surface area (Å²) < 4.78 is 0. The van der Waals surface area contributed by atoms with Crippen molar-refractivity contribution in [3.63, 3.8) is 0 Å². The van der Waals surface area contributed by atoms with Crippen molar-refractivity contribution in [2.75, 3.05) is 6.54 Å². The van der Waals surface area contributed by atoms with Crippen molar-refractivity contribution in [3.05, 3.63) is 58.3 Å². The molecule has 2 bridgehead atoms. The van der Waals surface area contributed by atoms with Gasteiger partial charge in [-0.2, -0.15) is 5.10 Å². The third-order valence-electron chi connectivity index (χ3n) is 5.39. The Kier molecular flexibility index (Phi) is 4.02. The number of nitrogens with zero attached hydrogens (tertiary/aromatic N) is 3. The minimum Gasteiger partial charge on any atom is -0.350 e. The van der Waals surface area contributed by atoms with E-state index >= 15 is 0 Å². The van der Waals surface area contributed by atoms with E-state index < -0.39 is 5.56 Å². The molecule has 2 aromatic heterocycles. The van der Waals surface area contributed by atoms with Crippen LogP contribution in [0.5, 0.6) is 0 Å². The topological polar surface area (TPSA) is 108 Å². The molecule has 2 saturated heterocycles. The molecule has 2 N–H and O–H groups in total. The zero-order valence-electron chi connectivity index (χ0n) is 14.1. The maximum absolute atomic E-state index is 13.0. The van der Waals surface area contributed by atoms with Gasteiger partial charge in [0.2, 0.25) is 0 Å². The summed E-state index contributed by atoms with van der Waals surface area (Å²) in [6.45, 7) is 0.362. The van der Waals surface area contributed by atoms with Gasteiger partial charge in [-0.05, 0) is 37.8 Å². The number of hydrogen-bond donors (Lipinski definition) is 2. The largest absolute Gasteiger partial charge is 0.350 e. The number of carbonyl (C=O) groups excluding carboxylic acids is 2. The molecule has 2 aliphatic rings. The fraction of sp³-hybridized carbons (Fsp3) is 0.389. The van der Waals surface area contributed by atoms with Gasteiger partial charge in [-0.3, -0.25) is 19.4 Å². The van der Waals surface area contributed by atoms with Crippen molar-refractivity contribution in [1.29, 1.82) is 0 Å². The normalized spacial score (nSPS) is 23.8. The molecule has 0 radical (unpaired) electrons. The highest BCUT2D eigenvalue weighted by atomic mass is 16.2. The molecule has 0 aromatic carbocycles. The molecule has 0 spiro atoms.